The van der Waals surface area contributed by atoms with Gasteiger partial charge in [0.15, 0.2) is 12.4 Å². The summed E-state index contributed by atoms with van der Waals surface area (Å²) < 4.78 is 10.3. The molecule has 1 unspecified atom stereocenters. The highest BCUT2D eigenvalue weighted by atomic mass is 35.5. The van der Waals surface area contributed by atoms with Crippen LogP contribution < -0.4 is 5.32 Å². The lowest BCUT2D eigenvalue weighted by Crippen LogP contribution is -2.69. The van der Waals surface area contributed by atoms with E-state index in [-0.39, 0.29) is 43.7 Å². The van der Waals surface area contributed by atoms with Crippen molar-refractivity contribution in [3.63, 3.8) is 0 Å². The van der Waals surface area contributed by atoms with Gasteiger partial charge in [0.1, 0.15) is 11.6 Å². The number of unbranched alkanes of at least 4 members (excludes halogenated alkanes) is 1. The minimum absolute atomic E-state index is 0.00365. The van der Waals surface area contributed by atoms with E-state index in [1.165, 1.54) is 6.08 Å². The summed E-state index contributed by atoms with van der Waals surface area (Å²) in [6.45, 7) is 5.64. The van der Waals surface area contributed by atoms with Crippen molar-refractivity contribution >= 4 is 41.0 Å². The zero-order valence-electron chi connectivity index (χ0n) is 27.1. The number of hydrogen-bond donors (Lipinski definition) is 5. The molecule has 15 heteroatoms. The Morgan fingerprint density at radius 2 is 1.81 bits per heavy atom. The third kappa shape index (κ3) is 6.65. The number of Topliss-reactive ketones (excluding diaryl/α,β-unsaturated/α-hetero) is 1. The Kier molecular flexibility index (Phi) is 11.1. The lowest BCUT2D eigenvalue weighted by atomic mass is 9.45. The van der Waals surface area contributed by atoms with Crippen molar-refractivity contribution in [1.82, 2.24) is 10.7 Å². The SMILES string of the molecule is CC(=O)NC(CC(=O)OCC(=O)[C@@]1(O)[C@@H](C)C[C@H]2[C@@H]3CCC4=CC(=O)C=C[C@]4(C)[C@@]3(Cl)[C@@H](O)C[C@@]21C)C(=O)OCCCCON(O)O. The van der Waals surface area contributed by atoms with Crippen LogP contribution in [-0.4, -0.2) is 97.9 Å². The zero-order valence-corrected chi connectivity index (χ0v) is 27.8. The number of esters is 2. The van der Waals surface area contributed by atoms with Gasteiger partial charge in [0.2, 0.25) is 11.7 Å². The van der Waals surface area contributed by atoms with Crippen molar-refractivity contribution in [2.24, 2.45) is 28.6 Å². The first kappa shape index (κ1) is 37.1. The van der Waals surface area contributed by atoms with Crippen LogP contribution >= 0.6 is 11.6 Å². The van der Waals surface area contributed by atoms with Crippen molar-refractivity contribution in [2.45, 2.75) is 95.3 Å². The highest BCUT2D eigenvalue weighted by Gasteiger charge is 2.74. The van der Waals surface area contributed by atoms with E-state index >= 15 is 0 Å². The molecule has 4 aliphatic carbocycles. The van der Waals surface area contributed by atoms with Gasteiger partial charge in [-0.1, -0.05) is 32.4 Å². The number of hydrogen-bond acceptors (Lipinski definition) is 13. The summed E-state index contributed by atoms with van der Waals surface area (Å²) in [7, 11) is 0. The van der Waals surface area contributed by atoms with Crippen molar-refractivity contribution in [2.75, 3.05) is 19.8 Å². The molecule has 0 aromatic heterocycles. The lowest BCUT2D eigenvalue weighted by Gasteiger charge is -2.63. The van der Waals surface area contributed by atoms with Crippen LogP contribution in [-0.2, 0) is 38.3 Å². The Labute approximate surface area is 277 Å². The Hall–Kier alpha value is -2.72. The number of alkyl halides is 1. The summed E-state index contributed by atoms with van der Waals surface area (Å²) in [6.07, 6.45) is 5.25. The van der Waals surface area contributed by atoms with Crippen molar-refractivity contribution in [1.29, 1.82) is 0 Å². The topological polar surface area (TPSA) is 209 Å². The molecule has 3 fully saturated rings. The minimum Gasteiger partial charge on any atom is -0.464 e. The highest BCUT2D eigenvalue weighted by molar-refractivity contribution is 6.26. The van der Waals surface area contributed by atoms with E-state index in [0.717, 1.165) is 12.5 Å². The molecular formula is C32H45ClN2O12. The Bertz CT molecular complexity index is 1340. The molecule has 47 heavy (non-hydrogen) atoms. The maximum atomic E-state index is 13.8. The normalized spacial score (nSPS) is 36.5. The van der Waals surface area contributed by atoms with Gasteiger partial charge in [-0.05, 0) is 68.4 Å². The molecule has 0 spiro atoms. The zero-order chi connectivity index (χ0) is 34.9. The first-order valence-corrected chi connectivity index (χ1v) is 16.3. The largest absolute Gasteiger partial charge is 0.464 e. The number of ether oxygens (including phenoxy) is 2. The standard InChI is InChI=1S/C32H45ClN2O12/c1-18-13-23-22-8-7-20-14-21(37)9-10-29(20,3)31(22,33)25(38)16-30(23,4)32(18,42)26(39)17-46-27(40)15-24(34-19(2)36)28(41)45-11-5-6-12-47-35(43)44/h9-10,14,18,22-25,38,42-44H,5-8,11-13,15-17H2,1-4H3,(H,34,36)/t18-,22-,23-,24?,25-,29-,30-,31-,32-/m0/s1. The van der Waals surface area contributed by atoms with Gasteiger partial charge in [-0.3, -0.25) is 34.4 Å². The molecule has 262 valence electrons. The molecule has 9 atom stereocenters. The minimum atomic E-state index is -1.96. The molecular weight excluding hydrogens is 640 g/mol. The summed E-state index contributed by atoms with van der Waals surface area (Å²) in [6, 6.07) is -1.40. The number of ketones is 2. The molecule has 4 aliphatic rings. The Morgan fingerprint density at radius 3 is 2.47 bits per heavy atom. The van der Waals surface area contributed by atoms with Crippen LogP contribution in [0.4, 0.5) is 0 Å². The molecule has 0 heterocycles. The Balaban J connectivity index is 1.42. The van der Waals surface area contributed by atoms with Crippen LogP contribution in [0.1, 0.15) is 72.6 Å². The molecule has 0 aliphatic heterocycles. The monoisotopic (exact) mass is 684 g/mol. The third-order valence-electron chi connectivity index (χ3n) is 11.0. The van der Waals surface area contributed by atoms with E-state index in [2.05, 4.69) is 10.2 Å². The second-order valence-electron chi connectivity index (χ2n) is 13.7. The van der Waals surface area contributed by atoms with Gasteiger partial charge in [-0.15, -0.1) is 11.6 Å². The fourth-order valence-corrected chi connectivity index (χ4v) is 9.21. The average molecular weight is 685 g/mol. The summed E-state index contributed by atoms with van der Waals surface area (Å²) in [5.41, 5.74) is -3.01. The number of rotatable bonds is 13. The smallest absolute Gasteiger partial charge is 0.329 e. The third-order valence-corrected chi connectivity index (χ3v) is 12.0. The molecule has 0 bridgehead atoms. The maximum absolute atomic E-state index is 13.8. The van der Waals surface area contributed by atoms with Gasteiger partial charge in [-0.25, -0.2) is 4.79 Å². The molecule has 1 amide bonds. The van der Waals surface area contributed by atoms with Gasteiger partial charge in [0, 0.05) is 17.8 Å². The lowest BCUT2D eigenvalue weighted by molar-refractivity contribution is -0.492. The molecule has 0 aromatic rings. The molecule has 0 radical (unpaired) electrons. The van der Waals surface area contributed by atoms with Crippen molar-refractivity contribution in [3.8, 4) is 0 Å². The molecule has 5 N–H and O–H groups in total. The number of amides is 1. The first-order chi connectivity index (χ1) is 21.9. The van der Waals surface area contributed by atoms with Crippen LogP contribution in [0.5, 0.6) is 0 Å². The molecule has 14 nitrogen and oxygen atoms in total. The predicted molar refractivity (Wildman–Crippen MR) is 162 cm³/mol. The number of fused-ring (bicyclic) bond motifs is 5. The van der Waals surface area contributed by atoms with Crippen LogP contribution in [0.2, 0.25) is 0 Å². The summed E-state index contributed by atoms with van der Waals surface area (Å²) in [4.78, 5) is 66.2. The van der Waals surface area contributed by atoms with Gasteiger partial charge in [0.25, 0.3) is 0 Å². The number of nitrogens with zero attached hydrogens (tertiary/aromatic N) is 1. The first-order valence-electron chi connectivity index (χ1n) is 15.9. The molecule has 3 saturated carbocycles. The number of carbonyl (C=O) groups is 5. The van der Waals surface area contributed by atoms with Gasteiger partial charge in [0.05, 0.1) is 36.0 Å². The number of allylic oxidation sites excluding steroid dienone is 4. The fourth-order valence-electron chi connectivity index (χ4n) is 8.68. The van der Waals surface area contributed by atoms with Crippen LogP contribution in [0.3, 0.4) is 0 Å². The van der Waals surface area contributed by atoms with E-state index in [4.69, 9.17) is 31.5 Å². The number of carbonyl (C=O) groups excluding carboxylic acids is 5. The van der Waals surface area contributed by atoms with Crippen LogP contribution in [0.25, 0.3) is 0 Å². The van der Waals surface area contributed by atoms with Crippen LogP contribution in [0, 0.1) is 28.6 Å². The average Bonchev–Trinajstić information content (AvgIpc) is 3.19. The second-order valence-corrected chi connectivity index (χ2v) is 14.3. The highest BCUT2D eigenvalue weighted by Crippen LogP contribution is 2.71. The number of aliphatic hydroxyl groups excluding tert-OH is 1. The molecule has 4 rings (SSSR count). The quantitative estimate of drug-likeness (QED) is 0.0814. The van der Waals surface area contributed by atoms with E-state index in [0.29, 0.717) is 25.7 Å². The van der Waals surface area contributed by atoms with Crippen molar-refractivity contribution in [3.05, 3.63) is 23.8 Å². The van der Waals surface area contributed by atoms with E-state index in [9.17, 15) is 34.2 Å². The maximum Gasteiger partial charge on any atom is 0.329 e. The summed E-state index contributed by atoms with van der Waals surface area (Å²) in [5.74, 6) is -4.48. The Morgan fingerprint density at radius 1 is 1.13 bits per heavy atom. The second kappa shape index (κ2) is 14.0. The van der Waals surface area contributed by atoms with Crippen LogP contribution in [0.15, 0.2) is 23.8 Å². The number of halogens is 1. The fraction of sp³-hybridized carbons (Fsp3) is 0.719. The predicted octanol–water partition coefficient (Wildman–Crippen LogP) is 1.95. The number of aliphatic hydroxyl groups is 2. The summed E-state index contributed by atoms with van der Waals surface area (Å²) >= 11 is 7.43. The van der Waals surface area contributed by atoms with E-state index < -0.39 is 81.4 Å². The van der Waals surface area contributed by atoms with E-state index in [1.807, 2.05) is 6.92 Å². The van der Waals surface area contributed by atoms with E-state index in [1.54, 1.807) is 26.0 Å². The van der Waals surface area contributed by atoms with Gasteiger partial charge in [-0.2, -0.15) is 0 Å². The molecule has 0 saturated heterocycles. The van der Waals surface area contributed by atoms with Crippen molar-refractivity contribution < 1.29 is 58.9 Å². The number of nitrogens with one attached hydrogen (secondary N) is 1. The molecule has 0 aromatic carbocycles. The van der Waals surface area contributed by atoms with Gasteiger partial charge < -0.3 is 25.0 Å². The van der Waals surface area contributed by atoms with Gasteiger partial charge >= 0.3 is 11.9 Å². The summed E-state index contributed by atoms with van der Waals surface area (Å²) in [5, 5.41) is 42.8.